The third kappa shape index (κ3) is 2.35. The average molecular weight is 320 g/mol. The molecule has 0 N–H and O–H groups in total. The Labute approximate surface area is 87.5 Å². The van der Waals surface area contributed by atoms with Gasteiger partial charge in [-0.3, -0.25) is 0 Å². The summed E-state index contributed by atoms with van der Waals surface area (Å²) in [5.74, 6) is -2.01. The van der Waals surface area contributed by atoms with Crippen molar-refractivity contribution in [1.82, 2.24) is 0 Å². The Morgan fingerprint density at radius 1 is 1.31 bits per heavy atom. The Morgan fingerprint density at radius 3 is 2.38 bits per heavy atom. The van der Waals surface area contributed by atoms with Crippen LogP contribution in [-0.4, -0.2) is 8.42 Å². The lowest BCUT2D eigenvalue weighted by Gasteiger charge is -2.00. The number of benzene rings is 1. The molecule has 0 heterocycles. The summed E-state index contributed by atoms with van der Waals surface area (Å²) in [5, 5.41) is 0. The van der Waals surface area contributed by atoms with Crippen LogP contribution in [0, 0.1) is 11.6 Å². The quantitative estimate of drug-likeness (QED) is 0.783. The lowest BCUT2D eigenvalue weighted by molar-refractivity contribution is 0.515. The van der Waals surface area contributed by atoms with Gasteiger partial charge in [0.15, 0.2) is 0 Å². The van der Waals surface area contributed by atoms with Gasteiger partial charge in [0, 0.05) is 6.07 Å². The van der Waals surface area contributed by atoms with E-state index in [0.717, 1.165) is 35.1 Å². The maximum absolute atomic E-state index is 12.8. The second kappa shape index (κ2) is 3.84. The summed E-state index contributed by atoms with van der Waals surface area (Å²) < 4.78 is 51.1. The molecule has 0 fully saturated rings. The number of hydrogen-bond acceptors (Lipinski definition) is 3. The summed E-state index contributed by atoms with van der Waals surface area (Å²) in [5.41, 5.74) is 0. The molecule has 0 radical (unpaired) electrons. The fraction of sp³-hybridized carbons (Fsp3) is 0. The van der Waals surface area contributed by atoms with E-state index < -0.39 is 26.6 Å². The van der Waals surface area contributed by atoms with Crippen LogP contribution in [0.25, 0.3) is 0 Å². The predicted octanol–water partition coefficient (Wildman–Crippen LogP) is 2.02. The molecule has 72 valence electrons. The number of rotatable bonds is 2. The fourth-order valence-electron chi connectivity index (χ4n) is 0.712. The molecule has 0 spiro atoms. The average Bonchev–Trinajstić information content (AvgIpc) is 2.03. The van der Waals surface area contributed by atoms with E-state index in [-0.39, 0.29) is 0 Å². The monoisotopic (exact) mass is 320 g/mol. The maximum atomic E-state index is 12.8. The Bertz CT molecular complexity index is 418. The predicted molar refractivity (Wildman–Crippen MR) is 48.6 cm³/mol. The first-order chi connectivity index (χ1) is 5.97. The van der Waals surface area contributed by atoms with E-state index in [2.05, 4.69) is 2.51 Å². The van der Waals surface area contributed by atoms with E-state index >= 15 is 0 Å². The summed E-state index contributed by atoms with van der Waals surface area (Å²) in [7, 11) is -4.10. The summed E-state index contributed by atoms with van der Waals surface area (Å²) in [6, 6.07) is 2.12. The van der Waals surface area contributed by atoms with Crippen LogP contribution in [0.15, 0.2) is 23.1 Å². The summed E-state index contributed by atoms with van der Waals surface area (Å²) in [6.45, 7) is 0. The molecule has 13 heavy (non-hydrogen) atoms. The van der Waals surface area contributed by atoms with Gasteiger partial charge in [-0.15, -0.1) is 0 Å². The van der Waals surface area contributed by atoms with Crippen molar-refractivity contribution in [3.63, 3.8) is 0 Å². The summed E-state index contributed by atoms with van der Waals surface area (Å²) >= 11 is 1.11. The van der Waals surface area contributed by atoms with Gasteiger partial charge in [-0.1, -0.05) is 0 Å². The van der Waals surface area contributed by atoms with E-state index in [0.29, 0.717) is 6.07 Å². The van der Waals surface area contributed by atoms with Gasteiger partial charge in [-0.2, -0.15) is 10.9 Å². The van der Waals surface area contributed by atoms with Crippen molar-refractivity contribution in [2.24, 2.45) is 0 Å². The second-order valence-electron chi connectivity index (χ2n) is 2.09. The van der Waals surface area contributed by atoms with E-state index in [1.54, 1.807) is 0 Å². The van der Waals surface area contributed by atoms with Crippen LogP contribution >= 0.6 is 23.0 Å². The van der Waals surface area contributed by atoms with Crippen molar-refractivity contribution in [2.75, 3.05) is 0 Å². The van der Waals surface area contributed by atoms with E-state index in [9.17, 15) is 17.2 Å². The smallest absolute Gasteiger partial charge is 0.207 e. The number of halogens is 3. The Balaban J connectivity index is 3.33. The SMILES string of the molecule is O=S(=O)(OI)c1ccc(F)cc1F. The minimum absolute atomic E-state index is 0.475. The van der Waals surface area contributed by atoms with Gasteiger partial charge >= 0.3 is 10.1 Å². The highest BCUT2D eigenvalue weighted by Crippen LogP contribution is 2.19. The van der Waals surface area contributed by atoms with Crippen LogP contribution in [0.3, 0.4) is 0 Å². The van der Waals surface area contributed by atoms with Crippen LogP contribution in [0.2, 0.25) is 0 Å². The van der Waals surface area contributed by atoms with Gasteiger partial charge in [0.25, 0.3) is 0 Å². The minimum atomic E-state index is -4.10. The van der Waals surface area contributed by atoms with Crippen molar-refractivity contribution in [1.29, 1.82) is 0 Å². The van der Waals surface area contributed by atoms with Crippen molar-refractivity contribution in [2.45, 2.75) is 4.90 Å². The molecule has 0 unspecified atom stereocenters. The highest BCUT2D eigenvalue weighted by Gasteiger charge is 2.19. The van der Waals surface area contributed by atoms with Gasteiger partial charge in [0.05, 0.1) is 0 Å². The first-order valence-electron chi connectivity index (χ1n) is 2.97. The largest absolute Gasteiger partial charge is 0.309 e. The van der Waals surface area contributed by atoms with Gasteiger partial charge in [0.2, 0.25) is 0 Å². The van der Waals surface area contributed by atoms with E-state index in [1.807, 2.05) is 0 Å². The van der Waals surface area contributed by atoms with Gasteiger partial charge < -0.3 is 0 Å². The molecule has 0 saturated heterocycles. The molecule has 3 nitrogen and oxygen atoms in total. The molecular formula is C6H3F2IO3S. The van der Waals surface area contributed by atoms with Crippen LogP contribution < -0.4 is 0 Å². The Hall–Kier alpha value is -0.280. The summed E-state index contributed by atoms with van der Waals surface area (Å²) in [4.78, 5) is -0.677. The molecule has 0 bridgehead atoms. The van der Waals surface area contributed by atoms with E-state index in [4.69, 9.17) is 0 Å². The van der Waals surface area contributed by atoms with Gasteiger partial charge in [-0.25, -0.2) is 8.78 Å². The summed E-state index contributed by atoms with van der Waals surface area (Å²) in [6.07, 6.45) is 0. The first-order valence-corrected chi connectivity index (χ1v) is 5.26. The third-order valence-corrected chi connectivity index (χ3v) is 3.70. The van der Waals surface area contributed by atoms with Crippen LogP contribution in [-0.2, 0) is 12.6 Å². The molecular weight excluding hydrogens is 317 g/mol. The molecule has 1 aromatic carbocycles. The highest BCUT2D eigenvalue weighted by molar-refractivity contribution is 14.1. The molecule has 7 heteroatoms. The minimum Gasteiger partial charge on any atom is -0.207 e. The topological polar surface area (TPSA) is 43.4 Å². The standard InChI is InChI=1S/C6H3F2IO3S/c7-4-1-2-6(5(8)3-4)13(10,11)12-9/h1-3H. The van der Waals surface area contributed by atoms with Crippen molar-refractivity contribution in [3.05, 3.63) is 29.8 Å². The highest BCUT2D eigenvalue weighted by atomic mass is 127. The van der Waals surface area contributed by atoms with Crippen LogP contribution in [0.1, 0.15) is 0 Å². The normalized spacial score (nSPS) is 11.6. The molecule has 0 aliphatic heterocycles. The molecule has 0 amide bonds. The molecule has 0 saturated carbocycles. The van der Waals surface area contributed by atoms with E-state index in [1.165, 1.54) is 0 Å². The van der Waals surface area contributed by atoms with Crippen molar-refractivity contribution in [3.8, 4) is 0 Å². The van der Waals surface area contributed by atoms with Crippen molar-refractivity contribution >= 4 is 33.1 Å². The zero-order chi connectivity index (χ0) is 10.1. The zero-order valence-corrected chi connectivity index (χ0v) is 8.97. The van der Waals surface area contributed by atoms with Crippen LogP contribution in [0.4, 0.5) is 8.78 Å². The maximum Gasteiger partial charge on any atom is 0.309 e. The lowest BCUT2D eigenvalue weighted by Crippen LogP contribution is -2.02. The van der Waals surface area contributed by atoms with Crippen molar-refractivity contribution < 1.29 is 19.7 Å². The Morgan fingerprint density at radius 2 is 1.92 bits per heavy atom. The lowest BCUT2D eigenvalue weighted by atomic mass is 10.3. The van der Waals surface area contributed by atoms with Gasteiger partial charge in [0.1, 0.15) is 39.5 Å². The third-order valence-electron chi connectivity index (χ3n) is 1.25. The van der Waals surface area contributed by atoms with Crippen LogP contribution in [0.5, 0.6) is 0 Å². The first kappa shape index (κ1) is 10.8. The molecule has 0 aliphatic carbocycles. The molecule has 1 rings (SSSR count). The molecule has 1 aromatic rings. The van der Waals surface area contributed by atoms with Gasteiger partial charge in [-0.05, 0) is 12.1 Å². The Kier molecular flexibility index (Phi) is 3.19. The fourth-order valence-corrected chi connectivity index (χ4v) is 1.89. The molecule has 0 atom stereocenters. The molecule has 0 aliphatic rings. The number of hydrogen-bond donors (Lipinski definition) is 0. The second-order valence-corrected chi connectivity index (χ2v) is 4.64. The molecule has 0 aromatic heterocycles. The zero-order valence-electron chi connectivity index (χ0n) is 6.00.